The van der Waals surface area contributed by atoms with E-state index in [0.29, 0.717) is 12.8 Å². The molecular weight excluding hydrogens is 654 g/mol. The number of ether oxygens (including phenoxy) is 3. The summed E-state index contributed by atoms with van der Waals surface area (Å²) >= 11 is 0. The van der Waals surface area contributed by atoms with Crippen LogP contribution in [-0.4, -0.2) is 75.5 Å². The molecule has 0 spiro atoms. The molecule has 0 aliphatic carbocycles. The summed E-state index contributed by atoms with van der Waals surface area (Å²) < 4.78 is 17.1. The number of carboxylic acid groups (broad SMARTS) is 1. The Hall–Kier alpha value is -1.93. The molecule has 0 aliphatic heterocycles. The highest BCUT2D eigenvalue weighted by Gasteiger charge is 2.25. The fourth-order valence-electron chi connectivity index (χ4n) is 6.48. The van der Waals surface area contributed by atoms with E-state index in [1.165, 1.54) is 128 Å². The predicted octanol–water partition coefficient (Wildman–Crippen LogP) is 10.2. The molecule has 0 aliphatic rings. The molecule has 0 saturated heterocycles. The van der Waals surface area contributed by atoms with Gasteiger partial charge in [0.15, 0.2) is 6.10 Å². The number of unbranched alkanes of at least 4 members (excludes halogenated alkanes) is 23. The van der Waals surface area contributed by atoms with E-state index in [1.807, 2.05) is 0 Å². The number of carbonyl (C=O) groups excluding carboxylic acids is 3. The van der Waals surface area contributed by atoms with Crippen molar-refractivity contribution in [1.29, 1.82) is 0 Å². The van der Waals surface area contributed by atoms with E-state index in [2.05, 4.69) is 26.0 Å². The lowest BCUT2D eigenvalue weighted by Gasteiger charge is -2.34. The highest BCUT2D eigenvalue weighted by atomic mass is 16.6. The molecule has 0 aromatic rings. The Kier molecular flexibility index (Phi) is 34.7. The summed E-state index contributed by atoms with van der Waals surface area (Å²) in [6.07, 6.45) is 36.8. The van der Waals surface area contributed by atoms with Gasteiger partial charge in [0, 0.05) is 19.3 Å². The van der Waals surface area contributed by atoms with E-state index in [4.69, 9.17) is 14.2 Å². The zero-order valence-corrected chi connectivity index (χ0v) is 34.7. The predicted molar refractivity (Wildman–Crippen MR) is 213 cm³/mol. The molecule has 0 rings (SSSR count). The first kappa shape index (κ1) is 50.1. The molecule has 306 valence electrons. The number of carbonyl (C=O) groups is 3. The fourth-order valence-corrected chi connectivity index (χ4v) is 6.48. The quantitative estimate of drug-likeness (QED) is 0.0268. The molecule has 0 saturated carbocycles. The first-order valence-electron chi connectivity index (χ1n) is 21.7. The molecule has 0 heterocycles. The van der Waals surface area contributed by atoms with Gasteiger partial charge < -0.3 is 28.6 Å². The van der Waals surface area contributed by atoms with Crippen LogP contribution in [0.4, 0.5) is 0 Å². The molecule has 0 amide bonds. The molecule has 2 unspecified atom stereocenters. The number of hydrogen-bond donors (Lipinski definition) is 0. The van der Waals surface area contributed by atoms with Crippen LogP contribution in [0.3, 0.4) is 0 Å². The van der Waals surface area contributed by atoms with E-state index in [1.54, 1.807) is 21.1 Å². The Morgan fingerprint density at radius 1 is 0.558 bits per heavy atom. The number of nitrogens with zero attached hydrogens (tertiary/aromatic N) is 1. The minimum Gasteiger partial charge on any atom is -0.544 e. The third-order valence-corrected chi connectivity index (χ3v) is 9.90. The molecule has 52 heavy (non-hydrogen) atoms. The van der Waals surface area contributed by atoms with Crippen LogP contribution in [-0.2, 0) is 28.6 Å². The van der Waals surface area contributed by atoms with Crippen LogP contribution < -0.4 is 5.11 Å². The van der Waals surface area contributed by atoms with Crippen molar-refractivity contribution < 1.29 is 38.2 Å². The number of esters is 2. The van der Waals surface area contributed by atoms with Crippen LogP contribution >= 0.6 is 0 Å². The number of aliphatic carboxylic acids is 1. The number of hydrogen-bond acceptors (Lipinski definition) is 7. The Labute approximate surface area is 320 Å². The molecule has 2 atom stereocenters. The van der Waals surface area contributed by atoms with Crippen LogP contribution in [0.2, 0.25) is 0 Å². The topological polar surface area (TPSA) is 102 Å². The maximum Gasteiger partial charge on any atom is 0.306 e. The van der Waals surface area contributed by atoms with Crippen molar-refractivity contribution in [2.75, 3.05) is 41.0 Å². The Morgan fingerprint density at radius 2 is 0.962 bits per heavy atom. The summed E-state index contributed by atoms with van der Waals surface area (Å²) in [6, 6.07) is -0.720. The van der Waals surface area contributed by atoms with E-state index in [0.717, 1.165) is 38.5 Å². The maximum absolute atomic E-state index is 12.7. The average Bonchev–Trinajstić information content (AvgIpc) is 3.09. The number of likely N-dealkylation sites (N-methyl/N-ethyl adjacent to an activating group) is 1. The lowest BCUT2D eigenvalue weighted by molar-refractivity contribution is -0.889. The Morgan fingerprint density at radius 3 is 1.38 bits per heavy atom. The van der Waals surface area contributed by atoms with Crippen LogP contribution in [0.25, 0.3) is 0 Å². The lowest BCUT2D eigenvalue weighted by Crippen LogP contribution is -2.55. The van der Waals surface area contributed by atoms with Gasteiger partial charge in [-0.3, -0.25) is 9.59 Å². The first-order chi connectivity index (χ1) is 25.1. The second-order valence-corrected chi connectivity index (χ2v) is 15.9. The van der Waals surface area contributed by atoms with Crippen molar-refractivity contribution >= 4 is 17.9 Å². The van der Waals surface area contributed by atoms with E-state index in [-0.39, 0.29) is 42.7 Å². The zero-order valence-electron chi connectivity index (χ0n) is 34.7. The number of allylic oxidation sites excluding steroid dienone is 2. The number of quaternary nitrogens is 1. The molecule has 0 fully saturated rings. The van der Waals surface area contributed by atoms with Crippen LogP contribution in [0.5, 0.6) is 0 Å². The second-order valence-electron chi connectivity index (χ2n) is 15.9. The van der Waals surface area contributed by atoms with Crippen LogP contribution in [0, 0.1) is 0 Å². The molecule has 0 aromatic carbocycles. The largest absolute Gasteiger partial charge is 0.544 e. The molecular formula is C44H83NO7. The van der Waals surface area contributed by atoms with Gasteiger partial charge in [-0.25, -0.2) is 0 Å². The van der Waals surface area contributed by atoms with E-state index < -0.39 is 18.1 Å². The Balaban J connectivity index is 4.17. The molecule has 0 N–H and O–H groups in total. The summed E-state index contributed by atoms with van der Waals surface area (Å²) in [5, 5.41) is 11.6. The molecule has 8 nitrogen and oxygen atoms in total. The SMILES string of the molecule is CCCCCCCCCC/C=C\CCCCCCCCCCCC(=O)OC(COCCC(C(=O)[O-])[N+](C)(C)C)COC(=O)CCCCCCCCC. The van der Waals surface area contributed by atoms with E-state index in [9.17, 15) is 19.5 Å². The summed E-state index contributed by atoms with van der Waals surface area (Å²) in [5.41, 5.74) is 0. The molecule has 0 aromatic heterocycles. The van der Waals surface area contributed by atoms with Gasteiger partial charge in [-0.15, -0.1) is 0 Å². The highest BCUT2D eigenvalue weighted by Crippen LogP contribution is 2.15. The number of rotatable bonds is 39. The van der Waals surface area contributed by atoms with Crippen molar-refractivity contribution in [2.24, 2.45) is 0 Å². The van der Waals surface area contributed by atoms with Gasteiger partial charge in [-0.05, 0) is 38.5 Å². The minimum atomic E-state index is -1.12. The second kappa shape index (κ2) is 36.1. The standard InChI is InChI=1S/C44H83NO7/c1-6-8-10-12-14-15-16-17-18-19-20-21-22-23-24-25-26-27-29-31-33-35-43(47)52-40(38-50-37-36-41(44(48)49)45(3,4)5)39-51-42(46)34-32-30-28-13-11-9-7-2/h19-20,40-41H,6-18,21-39H2,1-5H3/b20-19-. The lowest BCUT2D eigenvalue weighted by atomic mass is 10.1. The first-order valence-corrected chi connectivity index (χ1v) is 21.7. The van der Waals surface area contributed by atoms with Gasteiger partial charge in [0.25, 0.3) is 0 Å². The minimum absolute atomic E-state index is 0.0446. The normalized spacial score (nSPS) is 13.0. The smallest absolute Gasteiger partial charge is 0.306 e. The maximum atomic E-state index is 12.7. The fraction of sp³-hybridized carbons (Fsp3) is 0.886. The van der Waals surface area contributed by atoms with Crippen LogP contribution in [0.1, 0.15) is 200 Å². The Bertz CT molecular complexity index is 869. The van der Waals surface area contributed by atoms with Gasteiger partial charge in [0.1, 0.15) is 12.6 Å². The van der Waals surface area contributed by atoms with Crippen LogP contribution in [0.15, 0.2) is 12.2 Å². The summed E-state index contributed by atoms with van der Waals surface area (Å²) in [6.45, 7) is 4.63. The van der Waals surface area contributed by atoms with Gasteiger partial charge in [-0.2, -0.15) is 0 Å². The van der Waals surface area contributed by atoms with E-state index >= 15 is 0 Å². The molecule has 0 radical (unpaired) electrons. The van der Waals surface area contributed by atoms with Crippen molar-refractivity contribution in [3.63, 3.8) is 0 Å². The van der Waals surface area contributed by atoms with Crippen molar-refractivity contribution in [3.05, 3.63) is 12.2 Å². The van der Waals surface area contributed by atoms with Gasteiger partial charge in [0.05, 0.1) is 40.3 Å². The zero-order chi connectivity index (χ0) is 38.5. The average molecular weight is 738 g/mol. The third kappa shape index (κ3) is 33.9. The number of carboxylic acids is 1. The molecule has 8 heteroatoms. The van der Waals surface area contributed by atoms with Crippen molar-refractivity contribution in [2.45, 2.75) is 212 Å². The summed E-state index contributed by atoms with van der Waals surface area (Å²) in [4.78, 5) is 36.6. The third-order valence-electron chi connectivity index (χ3n) is 9.90. The monoisotopic (exact) mass is 738 g/mol. The van der Waals surface area contributed by atoms with Gasteiger partial charge in [0.2, 0.25) is 0 Å². The summed E-state index contributed by atoms with van der Waals surface area (Å²) in [5.74, 6) is -1.73. The van der Waals surface area contributed by atoms with Crippen molar-refractivity contribution in [1.82, 2.24) is 0 Å². The van der Waals surface area contributed by atoms with Gasteiger partial charge >= 0.3 is 11.9 Å². The van der Waals surface area contributed by atoms with Gasteiger partial charge in [-0.1, -0.05) is 154 Å². The summed E-state index contributed by atoms with van der Waals surface area (Å²) in [7, 11) is 5.40. The molecule has 0 bridgehead atoms. The van der Waals surface area contributed by atoms with Crippen molar-refractivity contribution in [3.8, 4) is 0 Å². The highest BCUT2D eigenvalue weighted by molar-refractivity contribution is 5.70.